The quantitative estimate of drug-likeness (QED) is 0.797. The number of carboxylic acids is 1. The molecule has 1 aromatic rings. The van der Waals surface area contributed by atoms with Gasteiger partial charge in [-0.2, -0.15) is 0 Å². The highest BCUT2D eigenvalue weighted by Crippen LogP contribution is 2.40. The molecule has 0 bridgehead atoms. The SMILES string of the molecule is CC1(C)Oc2ccc(NC(=O)CC(=O)O)cc2O1. The molecule has 2 N–H and O–H groups in total. The van der Waals surface area contributed by atoms with Crippen LogP contribution in [-0.4, -0.2) is 22.8 Å². The Balaban J connectivity index is 2.09. The van der Waals surface area contributed by atoms with E-state index in [0.29, 0.717) is 17.2 Å². The number of fused-ring (bicyclic) bond motifs is 1. The fourth-order valence-corrected chi connectivity index (χ4v) is 1.64. The Morgan fingerprint density at radius 3 is 2.61 bits per heavy atom. The summed E-state index contributed by atoms with van der Waals surface area (Å²) in [5, 5.41) is 11.0. The third-order valence-corrected chi connectivity index (χ3v) is 2.25. The summed E-state index contributed by atoms with van der Waals surface area (Å²) >= 11 is 0. The fraction of sp³-hybridized carbons (Fsp3) is 0.333. The lowest BCUT2D eigenvalue weighted by atomic mass is 10.2. The van der Waals surface area contributed by atoms with Gasteiger partial charge in [-0.05, 0) is 12.1 Å². The number of carbonyl (C=O) groups is 2. The summed E-state index contributed by atoms with van der Waals surface area (Å²) in [6.45, 7) is 3.55. The Bertz CT molecular complexity index is 509. The first-order chi connectivity index (χ1) is 8.35. The lowest BCUT2D eigenvalue weighted by molar-refractivity contribution is -0.139. The summed E-state index contributed by atoms with van der Waals surface area (Å²) in [5.41, 5.74) is 0.473. The molecule has 2 rings (SSSR count). The Labute approximate surface area is 104 Å². The number of nitrogens with one attached hydrogen (secondary N) is 1. The van der Waals surface area contributed by atoms with Gasteiger partial charge in [0.2, 0.25) is 11.7 Å². The van der Waals surface area contributed by atoms with E-state index in [1.807, 2.05) is 0 Å². The molecule has 0 atom stereocenters. The Morgan fingerprint density at radius 2 is 1.94 bits per heavy atom. The van der Waals surface area contributed by atoms with Gasteiger partial charge in [-0.25, -0.2) is 0 Å². The van der Waals surface area contributed by atoms with Crippen molar-refractivity contribution in [2.75, 3.05) is 5.32 Å². The minimum atomic E-state index is -1.17. The van der Waals surface area contributed by atoms with Gasteiger partial charge in [0.25, 0.3) is 0 Å². The van der Waals surface area contributed by atoms with Crippen molar-refractivity contribution in [3.63, 3.8) is 0 Å². The predicted octanol–water partition coefficient (Wildman–Crippen LogP) is 1.61. The molecular formula is C12H13NO5. The zero-order chi connectivity index (χ0) is 13.3. The standard InChI is InChI=1S/C12H13NO5/c1-12(2)17-8-4-3-7(5-9(8)18-12)13-10(14)6-11(15)16/h3-5H,6H2,1-2H3,(H,13,14)(H,15,16). The number of benzene rings is 1. The van der Waals surface area contributed by atoms with E-state index in [9.17, 15) is 9.59 Å². The van der Waals surface area contributed by atoms with Crippen LogP contribution in [0.15, 0.2) is 18.2 Å². The summed E-state index contributed by atoms with van der Waals surface area (Å²) in [5.74, 6) is -1.37. The average molecular weight is 251 g/mol. The van der Waals surface area contributed by atoms with Crippen molar-refractivity contribution in [3.8, 4) is 11.5 Å². The Morgan fingerprint density at radius 1 is 1.28 bits per heavy atom. The second kappa shape index (κ2) is 4.21. The van der Waals surface area contributed by atoms with E-state index >= 15 is 0 Å². The van der Waals surface area contributed by atoms with Gasteiger partial charge in [-0.3, -0.25) is 9.59 Å². The lowest BCUT2D eigenvalue weighted by Gasteiger charge is -2.16. The summed E-state index contributed by atoms with van der Waals surface area (Å²) in [6.07, 6.45) is -0.570. The summed E-state index contributed by atoms with van der Waals surface area (Å²) in [7, 11) is 0. The van der Waals surface area contributed by atoms with E-state index < -0.39 is 24.1 Å². The van der Waals surface area contributed by atoms with Crippen molar-refractivity contribution in [2.24, 2.45) is 0 Å². The molecule has 1 aliphatic heterocycles. The van der Waals surface area contributed by atoms with Crippen LogP contribution >= 0.6 is 0 Å². The number of hydrogen-bond donors (Lipinski definition) is 2. The number of hydrogen-bond acceptors (Lipinski definition) is 4. The molecule has 0 radical (unpaired) electrons. The van der Waals surface area contributed by atoms with Gasteiger partial charge in [0.15, 0.2) is 11.5 Å². The molecule has 1 amide bonds. The molecule has 1 heterocycles. The first-order valence-corrected chi connectivity index (χ1v) is 5.39. The highest BCUT2D eigenvalue weighted by atomic mass is 16.7. The summed E-state index contributed by atoms with van der Waals surface area (Å²) in [6, 6.07) is 4.90. The second-order valence-electron chi connectivity index (χ2n) is 4.38. The zero-order valence-corrected chi connectivity index (χ0v) is 10.0. The highest BCUT2D eigenvalue weighted by Gasteiger charge is 2.31. The van der Waals surface area contributed by atoms with Crippen molar-refractivity contribution in [1.82, 2.24) is 0 Å². The summed E-state index contributed by atoms with van der Waals surface area (Å²) in [4.78, 5) is 21.7. The molecule has 0 spiro atoms. The first kappa shape index (κ1) is 12.2. The normalized spacial score (nSPS) is 15.2. The molecule has 6 heteroatoms. The minimum Gasteiger partial charge on any atom is -0.481 e. The van der Waals surface area contributed by atoms with Gasteiger partial charge in [0, 0.05) is 25.6 Å². The molecule has 96 valence electrons. The van der Waals surface area contributed by atoms with Crippen LogP contribution in [0.25, 0.3) is 0 Å². The van der Waals surface area contributed by atoms with Crippen molar-refractivity contribution in [2.45, 2.75) is 26.1 Å². The summed E-state index contributed by atoms with van der Waals surface area (Å²) < 4.78 is 11.0. The number of rotatable bonds is 3. The molecular weight excluding hydrogens is 238 g/mol. The molecule has 0 aliphatic carbocycles. The molecule has 0 fully saturated rings. The minimum absolute atomic E-state index is 0.473. The number of anilines is 1. The van der Waals surface area contributed by atoms with Crippen LogP contribution in [0.3, 0.4) is 0 Å². The van der Waals surface area contributed by atoms with Gasteiger partial charge < -0.3 is 19.9 Å². The number of carbonyl (C=O) groups excluding carboxylic acids is 1. The third kappa shape index (κ3) is 2.71. The molecule has 0 unspecified atom stereocenters. The van der Waals surface area contributed by atoms with Gasteiger partial charge >= 0.3 is 5.97 Å². The van der Waals surface area contributed by atoms with Crippen LogP contribution < -0.4 is 14.8 Å². The topological polar surface area (TPSA) is 84.9 Å². The van der Waals surface area contributed by atoms with Crippen LogP contribution in [0.2, 0.25) is 0 Å². The second-order valence-corrected chi connectivity index (χ2v) is 4.38. The molecule has 6 nitrogen and oxygen atoms in total. The molecule has 0 saturated heterocycles. The van der Waals surface area contributed by atoms with E-state index in [4.69, 9.17) is 14.6 Å². The smallest absolute Gasteiger partial charge is 0.312 e. The lowest BCUT2D eigenvalue weighted by Crippen LogP contribution is -2.29. The van der Waals surface area contributed by atoms with Crippen molar-refractivity contribution < 1.29 is 24.2 Å². The first-order valence-electron chi connectivity index (χ1n) is 5.39. The van der Waals surface area contributed by atoms with Crippen molar-refractivity contribution in [3.05, 3.63) is 18.2 Å². The van der Waals surface area contributed by atoms with Gasteiger partial charge in [-0.1, -0.05) is 0 Å². The van der Waals surface area contributed by atoms with Crippen molar-refractivity contribution >= 4 is 17.6 Å². The number of carboxylic acid groups (broad SMARTS) is 1. The largest absolute Gasteiger partial charge is 0.481 e. The van der Waals surface area contributed by atoms with E-state index in [0.717, 1.165) is 0 Å². The van der Waals surface area contributed by atoms with Crippen LogP contribution in [0.5, 0.6) is 11.5 Å². The number of amides is 1. The maximum atomic E-state index is 11.3. The monoisotopic (exact) mass is 251 g/mol. The van der Waals surface area contributed by atoms with Gasteiger partial charge in [0.05, 0.1) is 0 Å². The average Bonchev–Trinajstić information content (AvgIpc) is 2.49. The Hall–Kier alpha value is -2.24. The maximum absolute atomic E-state index is 11.3. The molecule has 0 aromatic heterocycles. The van der Waals surface area contributed by atoms with Crippen LogP contribution in [-0.2, 0) is 9.59 Å². The van der Waals surface area contributed by atoms with Gasteiger partial charge in [0.1, 0.15) is 6.42 Å². The predicted molar refractivity (Wildman–Crippen MR) is 62.7 cm³/mol. The highest BCUT2D eigenvalue weighted by molar-refractivity contribution is 6.01. The van der Waals surface area contributed by atoms with Crippen LogP contribution in [0.1, 0.15) is 20.3 Å². The van der Waals surface area contributed by atoms with Gasteiger partial charge in [-0.15, -0.1) is 0 Å². The van der Waals surface area contributed by atoms with E-state index in [2.05, 4.69) is 5.32 Å². The van der Waals surface area contributed by atoms with Crippen LogP contribution in [0.4, 0.5) is 5.69 Å². The van der Waals surface area contributed by atoms with Crippen molar-refractivity contribution in [1.29, 1.82) is 0 Å². The van der Waals surface area contributed by atoms with E-state index in [1.54, 1.807) is 32.0 Å². The molecule has 0 saturated carbocycles. The number of aliphatic carboxylic acids is 1. The fourth-order valence-electron chi connectivity index (χ4n) is 1.64. The zero-order valence-electron chi connectivity index (χ0n) is 10.0. The third-order valence-electron chi connectivity index (χ3n) is 2.25. The molecule has 1 aliphatic rings. The van der Waals surface area contributed by atoms with E-state index in [-0.39, 0.29) is 0 Å². The Kier molecular flexibility index (Phi) is 2.86. The molecule has 18 heavy (non-hydrogen) atoms. The van der Waals surface area contributed by atoms with Crippen LogP contribution in [0, 0.1) is 0 Å². The molecule has 1 aromatic carbocycles. The van der Waals surface area contributed by atoms with E-state index in [1.165, 1.54) is 0 Å². The maximum Gasteiger partial charge on any atom is 0.312 e. The number of ether oxygens (including phenoxy) is 2.